The molecule has 1 saturated heterocycles. The van der Waals surface area contributed by atoms with Crippen molar-refractivity contribution in [2.75, 3.05) is 20.3 Å². The first-order valence-corrected chi connectivity index (χ1v) is 12.7. The number of hydrogen-bond acceptors (Lipinski definition) is 6. The van der Waals surface area contributed by atoms with Crippen LogP contribution in [0.3, 0.4) is 0 Å². The van der Waals surface area contributed by atoms with Crippen LogP contribution in [0.4, 0.5) is 0 Å². The van der Waals surface area contributed by atoms with Gasteiger partial charge in [0.25, 0.3) is 0 Å². The summed E-state index contributed by atoms with van der Waals surface area (Å²) in [5.41, 5.74) is 3.82. The summed E-state index contributed by atoms with van der Waals surface area (Å²) in [6.45, 7) is 8.00. The third-order valence-electron chi connectivity index (χ3n) is 5.95. The minimum Gasteiger partial charge on any atom is -0.494 e. The van der Waals surface area contributed by atoms with Gasteiger partial charge in [-0.15, -0.1) is 10.2 Å². The van der Waals surface area contributed by atoms with Gasteiger partial charge in [-0.05, 0) is 50.9 Å². The summed E-state index contributed by atoms with van der Waals surface area (Å²) in [4.78, 5) is 2.27. The molecule has 1 aromatic heterocycles. The molecule has 1 unspecified atom stereocenters. The number of hydrogen-bond donors (Lipinski definition) is 0. The topological polar surface area (TPSA) is 52.4 Å². The zero-order chi connectivity index (χ0) is 23.0. The summed E-state index contributed by atoms with van der Waals surface area (Å²) >= 11 is 1.75. The number of ether oxygens (including phenoxy) is 2. The highest BCUT2D eigenvalue weighted by Gasteiger charge is 2.22. The van der Waals surface area contributed by atoms with Crippen molar-refractivity contribution >= 4 is 11.8 Å². The predicted molar refractivity (Wildman–Crippen MR) is 133 cm³/mol. The van der Waals surface area contributed by atoms with E-state index in [1.54, 1.807) is 11.8 Å². The third-order valence-corrected chi connectivity index (χ3v) is 6.96. The quantitative estimate of drug-likeness (QED) is 0.367. The predicted octanol–water partition coefficient (Wildman–Crippen LogP) is 5.09. The summed E-state index contributed by atoms with van der Waals surface area (Å²) in [5, 5.41) is 10.1. The van der Waals surface area contributed by atoms with E-state index in [0.29, 0.717) is 13.2 Å². The lowest BCUT2D eigenvalue weighted by atomic mass is 10.1. The fourth-order valence-corrected chi connectivity index (χ4v) is 5.19. The van der Waals surface area contributed by atoms with Crippen LogP contribution in [0.1, 0.15) is 42.3 Å². The maximum Gasteiger partial charge on any atom is 0.191 e. The van der Waals surface area contributed by atoms with Gasteiger partial charge in [-0.2, -0.15) is 0 Å². The molecular weight excluding hydrogens is 432 g/mol. The van der Waals surface area contributed by atoms with Crippen LogP contribution in [-0.2, 0) is 30.1 Å². The standard InChI is InChI=1S/C26H34N4O2S/c1-4-31-24-14-8-7-11-21(24)16-29(3)18-25-27-28-26(30(25)17-23-13-9-15-32-23)33-19-22-12-6-5-10-20(22)2/h5-8,10-12,14,23H,4,9,13,15-19H2,1-3H3. The first-order chi connectivity index (χ1) is 16.1. The van der Waals surface area contributed by atoms with Gasteiger partial charge in [-0.1, -0.05) is 54.2 Å². The minimum absolute atomic E-state index is 0.238. The Morgan fingerprint density at radius 1 is 1.09 bits per heavy atom. The van der Waals surface area contributed by atoms with Gasteiger partial charge in [0.05, 0.1) is 25.8 Å². The van der Waals surface area contributed by atoms with Crippen molar-refractivity contribution in [2.24, 2.45) is 0 Å². The summed E-state index contributed by atoms with van der Waals surface area (Å²) < 4.78 is 14.0. The van der Waals surface area contributed by atoms with Crippen molar-refractivity contribution < 1.29 is 9.47 Å². The molecule has 7 heteroatoms. The summed E-state index contributed by atoms with van der Waals surface area (Å²) in [6.07, 6.45) is 2.46. The van der Waals surface area contributed by atoms with E-state index in [4.69, 9.17) is 9.47 Å². The van der Waals surface area contributed by atoms with Gasteiger partial charge in [-0.3, -0.25) is 4.90 Å². The first kappa shape index (κ1) is 23.8. The molecule has 176 valence electrons. The maximum absolute atomic E-state index is 5.95. The van der Waals surface area contributed by atoms with Crippen LogP contribution in [0.5, 0.6) is 5.75 Å². The molecule has 0 bridgehead atoms. The molecular formula is C26H34N4O2S. The van der Waals surface area contributed by atoms with Crippen LogP contribution in [0.2, 0.25) is 0 Å². The molecule has 0 aliphatic carbocycles. The van der Waals surface area contributed by atoms with Crippen molar-refractivity contribution in [3.8, 4) is 5.75 Å². The van der Waals surface area contributed by atoms with Gasteiger partial charge in [0.15, 0.2) is 5.16 Å². The number of thioether (sulfide) groups is 1. The molecule has 1 atom stereocenters. The molecule has 2 aromatic carbocycles. The summed E-state index contributed by atoms with van der Waals surface area (Å²) in [7, 11) is 2.12. The smallest absolute Gasteiger partial charge is 0.191 e. The van der Waals surface area contributed by atoms with Crippen LogP contribution in [-0.4, -0.2) is 46.0 Å². The lowest BCUT2D eigenvalue weighted by molar-refractivity contribution is 0.0934. The molecule has 4 rings (SSSR count). The molecule has 3 aromatic rings. The number of rotatable bonds is 11. The lowest BCUT2D eigenvalue weighted by Crippen LogP contribution is -2.23. The van der Waals surface area contributed by atoms with Crippen LogP contribution in [0.15, 0.2) is 53.7 Å². The number of para-hydroxylation sites is 1. The largest absolute Gasteiger partial charge is 0.494 e. The highest BCUT2D eigenvalue weighted by atomic mass is 32.2. The summed E-state index contributed by atoms with van der Waals surface area (Å²) in [6, 6.07) is 16.8. The van der Waals surface area contributed by atoms with E-state index in [1.165, 1.54) is 16.7 Å². The average Bonchev–Trinajstić information content (AvgIpc) is 3.46. The van der Waals surface area contributed by atoms with Crippen LogP contribution in [0, 0.1) is 6.92 Å². The maximum atomic E-state index is 5.95. The second kappa shape index (κ2) is 11.7. The van der Waals surface area contributed by atoms with Crippen LogP contribution < -0.4 is 4.74 Å². The molecule has 1 aliphatic heterocycles. The van der Waals surface area contributed by atoms with Gasteiger partial charge in [0.2, 0.25) is 0 Å². The normalized spacial score (nSPS) is 15.9. The fraction of sp³-hybridized carbons (Fsp3) is 0.462. The third kappa shape index (κ3) is 6.37. The molecule has 2 heterocycles. The minimum atomic E-state index is 0.238. The second-order valence-corrected chi connectivity index (χ2v) is 9.52. The van der Waals surface area contributed by atoms with Crippen molar-refractivity contribution in [2.45, 2.75) is 63.3 Å². The highest BCUT2D eigenvalue weighted by Crippen LogP contribution is 2.26. The molecule has 1 aliphatic rings. The van der Waals surface area contributed by atoms with E-state index in [1.807, 2.05) is 19.1 Å². The highest BCUT2D eigenvalue weighted by molar-refractivity contribution is 7.98. The van der Waals surface area contributed by atoms with Crippen molar-refractivity contribution in [1.29, 1.82) is 0 Å². The zero-order valence-corrected chi connectivity index (χ0v) is 20.7. The van der Waals surface area contributed by atoms with Crippen LogP contribution in [0.25, 0.3) is 0 Å². The molecule has 0 saturated carbocycles. The Labute approximate surface area is 201 Å². The lowest BCUT2D eigenvalue weighted by Gasteiger charge is -2.20. The van der Waals surface area contributed by atoms with E-state index in [0.717, 1.165) is 55.0 Å². The van der Waals surface area contributed by atoms with E-state index in [2.05, 4.69) is 70.0 Å². The van der Waals surface area contributed by atoms with Crippen molar-refractivity contribution in [3.63, 3.8) is 0 Å². The molecule has 0 radical (unpaired) electrons. The second-order valence-electron chi connectivity index (χ2n) is 8.57. The van der Waals surface area contributed by atoms with Crippen molar-refractivity contribution in [1.82, 2.24) is 19.7 Å². The number of aromatic nitrogens is 3. The Balaban J connectivity index is 1.49. The van der Waals surface area contributed by atoms with Crippen LogP contribution >= 0.6 is 11.8 Å². The fourth-order valence-electron chi connectivity index (χ4n) is 4.15. The van der Waals surface area contributed by atoms with Gasteiger partial charge in [0.1, 0.15) is 11.6 Å². The SMILES string of the molecule is CCOc1ccccc1CN(C)Cc1nnc(SCc2ccccc2C)n1CC1CCCO1. The summed E-state index contributed by atoms with van der Waals surface area (Å²) in [5.74, 6) is 2.81. The monoisotopic (exact) mass is 466 g/mol. The Morgan fingerprint density at radius 2 is 1.88 bits per heavy atom. The van der Waals surface area contributed by atoms with Crippen molar-refractivity contribution in [3.05, 3.63) is 71.0 Å². The Kier molecular flexibility index (Phi) is 8.42. The average molecular weight is 467 g/mol. The van der Waals surface area contributed by atoms with Gasteiger partial charge in [-0.25, -0.2) is 0 Å². The van der Waals surface area contributed by atoms with Gasteiger partial charge < -0.3 is 14.0 Å². The van der Waals surface area contributed by atoms with Gasteiger partial charge in [0, 0.05) is 24.5 Å². The molecule has 1 fully saturated rings. The Morgan fingerprint density at radius 3 is 2.64 bits per heavy atom. The first-order valence-electron chi connectivity index (χ1n) is 11.7. The zero-order valence-electron chi connectivity index (χ0n) is 19.9. The Hall–Kier alpha value is -2.35. The van der Waals surface area contributed by atoms with E-state index < -0.39 is 0 Å². The molecule has 0 spiro atoms. The number of nitrogens with zero attached hydrogens (tertiary/aromatic N) is 4. The van der Waals surface area contributed by atoms with E-state index in [-0.39, 0.29) is 6.10 Å². The van der Waals surface area contributed by atoms with E-state index >= 15 is 0 Å². The number of aryl methyl sites for hydroxylation is 1. The molecule has 6 nitrogen and oxygen atoms in total. The Bertz CT molecular complexity index is 1030. The van der Waals surface area contributed by atoms with Gasteiger partial charge >= 0.3 is 0 Å². The van der Waals surface area contributed by atoms with E-state index in [9.17, 15) is 0 Å². The molecule has 33 heavy (non-hydrogen) atoms. The molecule has 0 N–H and O–H groups in total. The molecule has 0 amide bonds. The number of benzene rings is 2.